The van der Waals surface area contributed by atoms with Gasteiger partial charge in [0.05, 0.1) is 0 Å². The van der Waals surface area contributed by atoms with Crippen LogP contribution in [0.4, 0.5) is 39.5 Å². The van der Waals surface area contributed by atoms with Gasteiger partial charge in [0.25, 0.3) is 8.32 Å². The zero-order chi connectivity index (χ0) is 15.9. The Morgan fingerprint density at radius 1 is 0.895 bits per heavy atom. The van der Waals surface area contributed by atoms with Crippen LogP contribution in [-0.4, -0.2) is 42.4 Å². The molecule has 0 rings (SSSR count). The van der Waals surface area contributed by atoms with Gasteiger partial charge in [0.1, 0.15) is 10.5 Å². The summed E-state index contributed by atoms with van der Waals surface area (Å²) in [7, 11) is -5.23. The SMILES string of the molecule is CC[Si](C)(O[SiH3])C(F)(F)C(F)(F)C(F)(F)C(F)(F)F. The van der Waals surface area contributed by atoms with Crippen molar-refractivity contribution in [1.82, 2.24) is 0 Å². The summed E-state index contributed by atoms with van der Waals surface area (Å²) in [6.45, 7) is 1.47. The van der Waals surface area contributed by atoms with Crippen molar-refractivity contribution in [3.05, 3.63) is 0 Å². The maximum Gasteiger partial charge on any atom is 0.460 e. The van der Waals surface area contributed by atoms with Gasteiger partial charge in [-0.2, -0.15) is 30.7 Å². The van der Waals surface area contributed by atoms with Gasteiger partial charge in [-0.3, -0.25) is 0 Å². The molecule has 19 heavy (non-hydrogen) atoms. The first-order valence-corrected chi connectivity index (χ1v) is 8.31. The summed E-state index contributed by atoms with van der Waals surface area (Å²) in [5.41, 5.74) is -5.56. The highest BCUT2D eigenvalue weighted by molar-refractivity contribution is 6.77. The summed E-state index contributed by atoms with van der Waals surface area (Å²) in [6, 6.07) is -0.729. The Kier molecular flexibility index (Phi) is 4.89. The third-order valence-electron chi connectivity index (χ3n) is 2.93. The molecule has 0 aromatic heterocycles. The Hall–Kier alpha value is -0.236. The lowest BCUT2D eigenvalue weighted by molar-refractivity contribution is -0.385. The van der Waals surface area contributed by atoms with Gasteiger partial charge in [0.2, 0.25) is 0 Å². The average molecular weight is 338 g/mol. The Morgan fingerprint density at radius 2 is 1.26 bits per heavy atom. The highest BCUT2D eigenvalue weighted by atomic mass is 28.4. The van der Waals surface area contributed by atoms with E-state index in [1.807, 2.05) is 0 Å². The first-order chi connectivity index (χ1) is 8.12. The molecule has 12 heteroatoms. The van der Waals surface area contributed by atoms with Crippen molar-refractivity contribution in [3.63, 3.8) is 0 Å². The van der Waals surface area contributed by atoms with Crippen LogP contribution in [0.3, 0.4) is 0 Å². The summed E-state index contributed by atoms with van der Waals surface area (Å²) in [5, 5.41) is 0. The second kappa shape index (κ2) is 4.95. The Labute approximate surface area is 106 Å². The van der Waals surface area contributed by atoms with E-state index < -0.39 is 48.4 Å². The molecule has 1 atom stereocenters. The lowest BCUT2D eigenvalue weighted by Crippen LogP contribution is -2.70. The number of hydrogen-bond donors (Lipinski definition) is 0. The van der Waals surface area contributed by atoms with Gasteiger partial charge in [-0.1, -0.05) is 6.92 Å². The standard InChI is InChI=1S/C7H11F9OSi2/c1-3-19(2,17-18)7(15,16)5(10,11)4(8,9)6(12,13)14/h3H2,1-2,18H3. The second-order valence-corrected chi connectivity index (χ2v) is 9.44. The van der Waals surface area contributed by atoms with Crippen LogP contribution < -0.4 is 0 Å². The second-order valence-electron chi connectivity index (χ2n) is 4.01. The van der Waals surface area contributed by atoms with Crippen LogP contribution in [0.1, 0.15) is 6.92 Å². The maximum absolute atomic E-state index is 13.5. The fraction of sp³-hybridized carbons (Fsp3) is 1.00. The molecule has 0 heterocycles. The zero-order valence-corrected chi connectivity index (χ0v) is 13.0. The fourth-order valence-electron chi connectivity index (χ4n) is 1.20. The van der Waals surface area contributed by atoms with Gasteiger partial charge in [0, 0.05) is 0 Å². The van der Waals surface area contributed by atoms with E-state index in [0.29, 0.717) is 6.55 Å². The summed E-state index contributed by atoms with van der Waals surface area (Å²) in [4.78, 5) is 0. The van der Waals surface area contributed by atoms with Crippen molar-refractivity contribution in [3.8, 4) is 0 Å². The minimum Gasteiger partial charge on any atom is -0.460 e. The number of hydrogen-bond acceptors (Lipinski definition) is 1. The number of rotatable bonds is 5. The van der Waals surface area contributed by atoms with Crippen molar-refractivity contribution >= 4 is 18.8 Å². The largest absolute Gasteiger partial charge is 0.460 e. The predicted molar refractivity (Wildman–Crippen MR) is 54.0 cm³/mol. The molecule has 0 aliphatic rings. The summed E-state index contributed by atoms with van der Waals surface area (Å²) in [5.74, 6) is -13.4. The number of alkyl halides is 9. The van der Waals surface area contributed by atoms with Gasteiger partial charge in [0.15, 0.2) is 0 Å². The fourth-order valence-corrected chi connectivity index (χ4v) is 4.65. The normalized spacial score (nSPS) is 18.5. The maximum atomic E-state index is 13.5. The highest BCUT2D eigenvalue weighted by Crippen LogP contribution is 2.56. The molecule has 0 N–H and O–H groups in total. The van der Waals surface area contributed by atoms with Crippen LogP contribution in [-0.2, 0) is 4.12 Å². The molecule has 0 bridgehead atoms. The number of halogens is 9. The van der Waals surface area contributed by atoms with Crippen LogP contribution in [0.5, 0.6) is 0 Å². The van der Waals surface area contributed by atoms with E-state index in [2.05, 4.69) is 4.12 Å². The van der Waals surface area contributed by atoms with Gasteiger partial charge in [-0.05, 0) is 12.6 Å². The van der Waals surface area contributed by atoms with E-state index in [9.17, 15) is 39.5 Å². The Morgan fingerprint density at radius 3 is 1.47 bits per heavy atom. The zero-order valence-electron chi connectivity index (χ0n) is 10.0. The molecular weight excluding hydrogens is 327 g/mol. The lowest BCUT2D eigenvalue weighted by atomic mass is 10.1. The van der Waals surface area contributed by atoms with E-state index in [4.69, 9.17) is 0 Å². The molecule has 0 aromatic rings. The summed E-state index contributed by atoms with van der Waals surface area (Å²) < 4.78 is 118. The van der Waals surface area contributed by atoms with Gasteiger partial charge in [-0.15, -0.1) is 0 Å². The molecule has 0 aliphatic heterocycles. The molecule has 116 valence electrons. The Balaban J connectivity index is 5.90. The smallest absolute Gasteiger partial charge is 0.460 e. The van der Waals surface area contributed by atoms with Crippen LogP contribution >= 0.6 is 0 Å². The van der Waals surface area contributed by atoms with Crippen molar-refractivity contribution in [2.75, 3.05) is 0 Å². The van der Waals surface area contributed by atoms with Crippen LogP contribution in [0.25, 0.3) is 0 Å². The molecule has 0 aliphatic carbocycles. The Bertz CT molecular complexity index is 323. The molecule has 0 aromatic carbocycles. The van der Waals surface area contributed by atoms with E-state index in [0.717, 1.165) is 6.92 Å². The first-order valence-electron chi connectivity index (χ1n) is 4.87. The molecule has 1 nitrogen and oxygen atoms in total. The molecule has 0 radical (unpaired) electrons. The molecule has 1 unspecified atom stereocenters. The molecule has 0 saturated heterocycles. The average Bonchev–Trinajstić information content (AvgIpc) is 2.25. The molecular formula is C7H11F9OSi2. The van der Waals surface area contributed by atoms with Crippen LogP contribution in [0, 0.1) is 0 Å². The summed E-state index contributed by atoms with van der Waals surface area (Å²) in [6.07, 6.45) is -6.78. The quantitative estimate of drug-likeness (QED) is 0.553. The van der Waals surface area contributed by atoms with Crippen LogP contribution in [0.2, 0.25) is 12.6 Å². The van der Waals surface area contributed by atoms with E-state index in [1.54, 1.807) is 0 Å². The minimum atomic E-state index is -6.84. The third-order valence-corrected chi connectivity index (χ3v) is 9.53. The molecule has 0 spiro atoms. The monoisotopic (exact) mass is 338 g/mol. The van der Waals surface area contributed by atoms with Crippen LogP contribution in [0.15, 0.2) is 0 Å². The topological polar surface area (TPSA) is 9.23 Å². The predicted octanol–water partition coefficient (Wildman–Crippen LogP) is 2.89. The van der Waals surface area contributed by atoms with E-state index >= 15 is 0 Å². The van der Waals surface area contributed by atoms with Crippen molar-refractivity contribution in [1.29, 1.82) is 0 Å². The molecule has 0 saturated carbocycles. The van der Waals surface area contributed by atoms with E-state index in [1.165, 1.54) is 0 Å². The van der Waals surface area contributed by atoms with Gasteiger partial charge >= 0.3 is 23.6 Å². The highest BCUT2D eigenvalue weighted by Gasteiger charge is 2.85. The lowest BCUT2D eigenvalue weighted by Gasteiger charge is -2.41. The minimum absolute atomic E-state index is 0.481. The molecule has 0 amide bonds. The van der Waals surface area contributed by atoms with Crippen molar-refractivity contribution in [2.45, 2.75) is 43.1 Å². The summed E-state index contributed by atoms with van der Waals surface area (Å²) >= 11 is 0. The third kappa shape index (κ3) is 2.53. The van der Waals surface area contributed by atoms with Crippen molar-refractivity contribution < 1.29 is 43.6 Å². The first kappa shape index (κ1) is 18.8. The van der Waals surface area contributed by atoms with Crippen molar-refractivity contribution in [2.24, 2.45) is 0 Å². The molecule has 0 fully saturated rings. The van der Waals surface area contributed by atoms with E-state index in [-0.39, 0.29) is 0 Å². The van der Waals surface area contributed by atoms with Gasteiger partial charge < -0.3 is 4.12 Å². The van der Waals surface area contributed by atoms with Gasteiger partial charge in [-0.25, -0.2) is 8.78 Å².